The second-order valence-corrected chi connectivity index (χ2v) is 4.18. The Balaban J connectivity index is 2.19. The molecule has 0 saturated carbocycles. The normalized spacial score (nSPS) is 22.3. The van der Waals surface area contributed by atoms with Crippen LogP contribution in [0.25, 0.3) is 0 Å². The number of piperazine rings is 1. The number of carbonyl (C=O) groups excluding carboxylic acids is 2. The molecule has 1 aromatic rings. The maximum atomic E-state index is 13.6. The molecule has 0 aromatic heterocycles. The second kappa shape index (κ2) is 3.74. The van der Waals surface area contributed by atoms with E-state index in [1.54, 1.807) is 0 Å². The summed E-state index contributed by atoms with van der Waals surface area (Å²) < 4.78 is 26.8. The number of fused-ring (bicyclic) bond motifs is 3. The first kappa shape index (κ1) is 11.1. The van der Waals surface area contributed by atoms with Crippen LogP contribution in [0, 0.1) is 11.6 Å². The lowest BCUT2D eigenvalue weighted by molar-refractivity contribution is -0.125. The largest absolute Gasteiger partial charge is 0.320 e. The van der Waals surface area contributed by atoms with Crippen molar-refractivity contribution in [2.45, 2.75) is 6.04 Å². The van der Waals surface area contributed by atoms with Crippen LogP contribution in [0.1, 0.15) is 0 Å². The number of anilines is 2. The minimum absolute atomic E-state index is 0.0430. The summed E-state index contributed by atoms with van der Waals surface area (Å²) in [4.78, 5) is 24.7. The molecule has 2 N–H and O–H groups in total. The van der Waals surface area contributed by atoms with Gasteiger partial charge in [0.05, 0.1) is 12.2 Å². The van der Waals surface area contributed by atoms with Gasteiger partial charge in [-0.2, -0.15) is 0 Å². The number of amides is 2. The first-order chi connectivity index (χ1) is 8.58. The van der Waals surface area contributed by atoms with Crippen molar-refractivity contribution in [2.24, 2.45) is 0 Å². The molecule has 3 rings (SSSR count). The topological polar surface area (TPSA) is 61.4 Å². The Morgan fingerprint density at radius 2 is 2.06 bits per heavy atom. The summed E-state index contributed by atoms with van der Waals surface area (Å²) in [5.74, 6) is -2.53. The van der Waals surface area contributed by atoms with Crippen molar-refractivity contribution < 1.29 is 18.4 Å². The molecule has 1 saturated heterocycles. The van der Waals surface area contributed by atoms with Gasteiger partial charge in [0, 0.05) is 12.6 Å². The summed E-state index contributed by atoms with van der Waals surface area (Å²) in [6, 6.07) is 0.958. The van der Waals surface area contributed by atoms with E-state index < -0.39 is 23.6 Å². The van der Waals surface area contributed by atoms with Crippen molar-refractivity contribution in [3.63, 3.8) is 0 Å². The first-order valence-electron chi connectivity index (χ1n) is 5.40. The molecule has 2 aliphatic heterocycles. The number of benzene rings is 1. The monoisotopic (exact) mass is 253 g/mol. The Morgan fingerprint density at radius 1 is 1.28 bits per heavy atom. The van der Waals surface area contributed by atoms with Crippen LogP contribution in [0.5, 0.6) is 0 Å². The lowest BCUT2D eigenvalue weighted by Crippen LogP contribution is -2.61. The van der Waals surface area contributed by atoms with E-state index in [0.717, 1.165) is 11.0 Å². The predicted octanol–water partition coefficient (Wildman–Crippen LogP) is 0.222. The average Bonchev–Trinajstić information content (AvgIpc) is 2.31. The van der Waals surface area contributed by atoms with Crippen molar-refractivity contribution in [1.82, 2.24) is 5.32 Å². The number of hydrogen-bond donors (Lipinski definition) is 2. The fraction of sp³-hybridized carbons (Fsp3) is 0.273. The van der Waals surface area contributed by atoms with E-state index in [1.165, 1.54) is 0 Å². The van der Waals surface area contributed by atoms with Crippen LogP contribution < -0.4 is 15.5 Å². The maximum Gasteiger partial charge on any atom is 0.249 e. The molecule has 1 aromatic carbocycles. The quantitative estimate of drug-likeness (QED) is 0.695. The minimum atomic E-state index is -0.886. The van der Waals surface area contributed by atoms with Gasteiger partial charge in [-0.15, -0.1) is 0 Å². The van der Waals surface area contributed by atoms with Gasteiger partial charge in [0.2, 0.25) is 11.8 Å². The average molecular weight is 253 g/mol. The summed E-state index contributed by atoms with van der Waals surface area (Å²) in [6.07, 6.45) is 0. The van der Waals surface area contributed by atoms with Gasteiger partial charge in [-0.1, -0.05) is 0 Å². The van der Waals surface area contributed by atoms with Crippen molar-refractivity contribution in [3.05, 3.63) is 23.8 Å². The number of halogens is 2. The van der Waals surface area contributed by atoms with Gasteiger partial charge in [-0.05, 0) is 6.07 Å². The van der Waals surface area contributed by atoms with Gasteiger partial charge in [0.15, 0.2) is 5.82 Å². The van der Waals surface area contributed by atoms with Crippen LogP contribution in [-0.2, 0) is 9.59 Å². The molecule has 2 amide bonds. The molecule has 1 unspecified atom stereocenters. The van der Waals surface area contributed by atoms with Crippen LogP contribution in [0.4, 0.5) is 20.2 Å². The van der Waals surface area contributed by atoms with Gasteiger partial charge in [-0.25, -0.2) is 8.78 Å². The van der Waals surface area contributed by atoms with E-state index in [1.807, 2.05) is 0 Å². The molecule has 0 spiro atoms. The predicted molar refractivity (Wildman–Crippen MR) is 59.1 cm³/mol. The molecule has 5 nitrogen and oxygen atoms in total. The lowest BCUT2D eigenvalue weighted by atomic mass is 10.1. The summed E-state index contributed by atoms with van der Waals surface area (Å²) >= 11 is 0. The zero-order valence-corrected chi connectivity index (χ0v) is 9.17. The third-order valence-electron chi connectivity index (χ3n) is 3.04. The summed E-state index contributed by atoms with van der Waals surface area (Å²) in [5.41, 5.74) is -0.0727. The minimum Gasteiger partial charge on any atom is -0.320 e. The Labute approximate surface area is 101 Å². The zero-order chi connectivity index (χ0) is 12.9. The molecule has 18 heavy (non-hydrogen) atoms. The number of nitrogens with zero attached hydrogens (tertiary/aromatic N) is 1. The van der Waals surface area contributed by atoms with Gasteiger partial charge >= 0.3 is 0 Å². The molecule has 2 aliphatic rings. The molecular formula is C11H9F2N3O2. The SMILES string of the molecule is O=C1Nc2c(F)cc(F)cc2N2C(=O)CNCC12. The molecule has 1 atom stereocenters. The van der Waals surface area contributed by atoms with Crippen LogP contribution in [0.15, 0.2) is 12.1 Å². The summed E-state index contributed by atoms with van der Waals surface area (Å²) in [6.45, 7) is 0.302. The Hall–Kier alpha value is -2.02. The molecule has 7 heteroatoms. The highest BCUT2D eigenvalue weighted by Gasteiger charge is 2.40. The van der Waals surface area contributed by atoms with E-state index in [0.29, 0.717) is 6.07 Å². The Morgan fingerprint density at radius 3 is 2.83 bits per heavy atom. The maximum absolute atomic E-state index is 13.6. The number of rotatable bonds is 0. The van der Waals surface area contributed by atoms with Gasteiger partial charge in [0.25, 0.3) is 0 Å². The van der Waals surface area contributed by atoms with Crippen LogP contribution >= 0.6 is 0 Å². The highest BCUT2D eigenvalue weighted by molar-refractivity contribution is 6.13. The van der Waals surface area contributed by atoms with Crippen molar-refractivity contribution in [1.29, 1.82) is 0 Å². The van der Waals surface area contributed by atoms with Crippen molar-refractivity contribution in [2.75, 3.05) is 23.3 Å². The molecule has 1 fully saturated rings. The lowest BCUT2D eigenvalue weighted by Gasteiger charge is -2.39. The third kappa shape index (κ3) is 1.47. The molecular weight excluding hydrogens is 244 g/mol. The van der Waals surface area contributed by atoms with E-state index in [-0.39, 0.29) is 30.4 Å². The van der Waals surface area contributed by atoms with Crippen LogP contribution in [0.2, 0.25) is 0 Å². The van der Waals surface area contributed by atoms with E-state index >= 15 is 0 Å². The molecule has 0 bridgehead atoms. The second-order valence-electron chi connectivity index (χ2n) is 4.18. The molecule has 2 heterocycles. The highest BCUT2D eigenvalue weighted by Crippen LogP contribution is 2.35. The van der Waals surface area contributed by atoms with Crippen LogP contribution in [-0.4, -0.2) is 30.9 Å². The highest BCUT2D eigenvalue weighted by atomic mass is 19.1. The first-order valence-corrected chi connectivity index (χ1v) is 5.40. The Kier molecular flexibility index (Phi) is 2.30. The summed E-state index contributed by atoms with van der Waals surface area (Å²) in [5, 5.41) is 5.15. The van der Waals surface area contributed by atoms with E-state index in [2.05, 4.69) is 10.6 Å². The number of nitrogens with one attached hydrogen (secondary N) is 2. The number of hydrogen-bond acceptors (Lipinski definition) is 3. The zero-order valence-electron chi connectivity index (χ0n) is 9.17. The van der Waals surface area contributed by atoms with Gasteiger partial charge in [-0.3, -0.25) is 14.5 Å². The van der Waals surface area contributed by atoms with Crippen molar-refractivity contribution >= 4 is 23.2 Å². The Bertz CT molecular complexity index is 561. The van der Waals surface area contributed by atoms with Gasteiger partial charge < -0.3 is 10.6 Å². The fourth-order valence-electron chi connectivity index (χ4n) is 2.26. The van der Waals surface area contributed by atoms with E-state index in [4.69, 9.17) is 0 Å². The third-order valence-corrected chi connectivity index (χ3v) is 3.04. The van der Waals surface area contributed by atoms with Crippen LogP contribution in [0.3, 0.4) is 0 Å². The molecule has 0 aliphatic carbocycles. The summed E-state index contributed by atoms with van der Waals surface area (Å²) in [7, 11) is 0. The standard InChI is InChI=1S/C11H9F2N3O2/c12-5-1-6(13)10-7(2-5)16-8(11(18)15-10)3-14-4-9(16)17/h1-2,8,14H,3-4H2,(H,15,18). The fourth-order valence-corrected chi connectivity index (χ4v) is 2.26. The number of carbonyl (C=O) groups is 2. The van der Waals surface area contributed by atoms with Crippen molar-refractivity contribution in [3.8, 4) is 0 Å². The molecule has 94 valence electrons. The van der Waals surface area contributed by atoms with Gasteiger partial charge in [0.1, 0.15) is 17.5 Å². The molecule has 0 radical (unpaired) electrons. The smallest absolute Gasteiger partial charge is 0.249 e. The van der Waals surface area contributed by atoms with E-state index in [9.17, 15) is 18.4 Å².